The van der Waals surface area contributed by atoms with Gasteiger partial charge < -0.3 is 20.9 Å². The number of aromatic amines is 1. The number of carbonyl (C=O) groups excluding carboxylic acids is 1. The summed E-state index contributed by atoms with van der Waals surface area (Å²) in [5.74, 6) is -0.313. The minimum atomic E-state index is -4.09. The van der Waals surface area contributed by atoms with Gasteiger partial charge in [0.1, 0.15) is 5.84 Å². The molecule has 0 saturated heterocycles. The van der Waals surface area contributed by atoms with Gasteiger partial charge in [-0.1, -0.05) is 18.2 Å². The van der Waals surface area contributed by atoms with Crippen LogP contribution < -0.4 is 16.0 Å². The number of amidine groups is 1. The average Bonchev–Trinajstić information content (AvgIpc) is 3.31. The van der Waals surface area contributed by atoms with Crippen LogP contribution >= 0.6 is 0 Å². The van der Waals surface area contributed by atoms with Gasteiger partial charge in [0.25, 0.3) is 16.0 Å². The van der Waals surface area contributed by atoms with E-state index in [2.05, 4.69) is 20.3 Å². The average molecular weight is 522 g/mol. The fourth-order valence-electron chi connectivity index (χ4n) is 3.81. The monoisotopic (exact) mass is 521 g/mol. The van der Waals surface area contributed by atoms with Crippen LogP contribution in [0.4, 0.5) is 5.95 Å². The van der Waals surface area contributed by atoms with E-state index in [-0.39, 0.29) is 18.3 Å². The van der Waals surface area contributed by atoms with Crippen molar-refractivity contribution in [3.63, 3.8) is 0 Å². The molecule has 37 heavy (non-hydrogen) atoms. The molecule has 192 valence electrons. The number of benzene rings is 2. The molecule has 0 unspecified atom stereocenters. The molecule has 0 spiro atoms. The maximum atomic E-state index is 12.6. The Labute approximate surface area is 214 Å². The zero-order valence-corrected chi connectivity index (χ0v) is 20.9. The number of H-pyrrole nitrogens is 1. The molecule has 12 heteroatoms. The number of nitrogens with zero attached hydrogens (tertiary/aromatic N) is 3. The summed E-state index contributed by atoms with van der Waals surface area (Å²) in [6, 6.07) is 14.6. The second-order valence-electron chi connectivity index (χ2n) is 8.53. The number of hydrogen-bond donors (Lipinski definition) is 5. The van der Waals surface area contributed by atoms with E-state index < -0.39 is 15.9 Å². The highest BCUT2D eigenvalue weighted by Crippen LogP contribution is 2.21. The number of hydrogen-bond acceptors (Lipinski definition) is 7. The number of nitrogen functional groups attached to an aromatic ring is 1. The predicted molar refractivity (Wildman–Crippen MR) is 143 cm³/mol. The van der Waals surface area contributed by atoms with Gasteiger partial charge in [-0.05, 0) is 42.3 Å². The highest BCUT2D eigenvalue weighted by Gasteiger charge is 2.12. The molecule has 11 nitrogen and oxygen atoms in total. The molecule has 2 aromatic carbocycles. The van der Waals surface area contributed by atoms with E-state index in [9.17, 15) is 13.2 Å². The Morgan fingerprint density at radius 1 is 1.19 bits per heavy atom. The van der Waals surface area contributed by atoms with Crippen LogP contribution in [-0.2, 0) is 16.5 Å². The summed E-state index contributed by atoms with van der Waals surface area (Å²) >= 11 is 0. The molecular weight excluding hydrogens is 494 g/mol. The number of amides is 1. The topological polar surface area (TPSA) is 178 Å². The molecule has 0 saturated carbocycles. The first-order valence-corrected chi connectivity index (χ1v) is 13.0. The van der Waals surface area contributed by atoms with Crippen molar-refractivity contribution in [3.8, 4) is 11.3 Å². The van der Waals surface area contributed by atoms with E-state index in [0.29, 0.717) is 35.7 Å². The zero-order chi connectivity index (χ0) is 26.6. The van der Waals surface area contributed by atoms with Crippen molar-refractivity contribution < 1.29 is 17.8 Å². The molecule has 0 aliphatic rings. The molecule has 0 bridgehead atoms. The maximum absolute atomic E-state index is 12.6. The Hall–Kier alpha value is -4.29. The fourth-order valence-corrected chi connectivity index (χ4v) is 4.31. The minimum absolute atomic E-state index is 0.00232. The summed E-state index contributed by atoms with van der Waals surface area (Å²) < 4.78 is 30.9. The molecule has 0 radical (unpaired) electrons. The van der Waals surface area contributed by atoms with Crippen LogP contribution in [-0.4, -0.2) is 65.6 Å². The summed E-state index contributed by atoms with van der Waals surface area (Å²) in [5.41, 5.74) is 10.1. The van der Waals surface area contributed by atoms with Crippen LogP contribution in [0.25, 0.3) is 22.2 Å². The van der Waals surface area contributed by atoms with E-state index >= 15 is 0 Å². The maximum Gasteiger partial charge on any atom is 0.266 e. The van der Waals surface area contributed by atoms with Gasteiger partial charge in [-0.2, -0.15) is 8.42 Å². The summed E-state index contributed by atoms with van der Waals surface area (Å²) in [5, 5.41) is 11.5. The van der Waals surface area contributed by atoms with Crippen molar-refractivity contribution in [2.75, 3.05) is 30.8 Å². The molecule has 6 N–H and O–H groups in total. The molecule has 0 aliphatic heterocycles. The number of anilines is 1. The predicted octanol–water partition coefficient (Wildman–Crippen LogP) is 2.21. The van der Waals surface area contributed by atoms with Gasteiger partial charge in [0.2, 0.25) is 5.95 Å². The first-order chi connectivity index (χ1) is 17.6. The largest absolute Gasteiger partial charge is 0.384 e. The summed E-state index contributed by atoms with van der Waals surface area (Å²) in [4.78, 5) is 25.9. The molecular formula is C25H27N7O4S. The molecule has 2 aromatic heterocycles. The summed E-state index contributed by atoms with van der Waals surface area (Å²) in [6.45, 7) is 0.482. The Balaban J connectivity index is 1.36. The van der Waals surface area contributed by atoms with Gasteiger partial charge in [0, 0.05) is 60.1 Å². The third kappa shape index (κ3) is 6.48. The van der Waals surface area contributed by atoms with Crippen LogP contribution in [0, 0.1) is 5.41 Å². The normalized spacial score (nSPS) is 11.4. The Bertz CT molecular complexity index is 1550. The SMILES string of the molecule is CN(CCS(=O)(=O)O)c1nccc(-c2ccc(C(=O)NCCc3ccc4[nH]cc(C(=N)N)c4c3)cc2)n1. The Morgan fingerprint density at radius 2 is 1.95 bits per heavy atom. The first kappa shape index (κ1) is 25.8. The molecule has 0 aliphatic carbocycles. The van der Waals surface area contributed by atoms with Crippen molar-refractivity contribution in [2.45, 2.75) is 6.42 Å². The zero-order valence-electron chi connectivity index (χ0n) is 20.1. The van der Waals surface area contributed by atoms with Gasteiger partial charge in [-0.15, -0.1) is 0 Å². The Kier molecular flexibility index (Phi) is 7.50. The van der Waals surface area contributed by atoms with Crippen molar-refractivity contribution in [2.24, 2.45) is 5.73 Å². The molecule has 1 amide bonds. The lowest BCUT2D eigenvalue weighted by Gasteiger charge is -2.16. The fraction of sp³-hybridized carbons (Fsp3) is 0.200. The number of aromatic nitrogens is 3. The van der Waals surface area contributed by atoms with Crippen molar-refractivity contribution in [1.29, 1.82) is 5.41 Å². The molecule has 4 rings (SSSR count). The van der Waals surface area contributed by atoms with E-state index in [4.69, 9.17) is 15.7 Å². The number of rotatable bonds is 10. The van der Waals surface area contributed by atoms with Crippen LogP contribution in [0.5, 0.6) is 0 Å². The van der Waals surface area contributed by atoms with Crippen molar-refractivity contribution >= 4 is 38.7 Å². The van der Waals surface area contributed by atoms with Crippen LogP contribution in [0.1, 0.15) is 21.5 Å². The third-order valence-electron chi connectivity index (χ3n) is 5.85. The molecule has 2 heterocycles. The Morgan fingerprint density at radius 3 is 2.65 bits per heavy atom. The lowest BCUT2D eigenvalue weighted by atomic mass is 10.1. The third-order valence-corrected chi connectivity index (χ3v) is 6.55. The van der Waals surface area contributed by atoms with Gasteiger partial charge >= 0.3 is 0 Å². The van der Waals surface area contributed by atoms with Crippen molar-refractivity contribution in [3.05, 3.63) is 77.6 Å². The standard InChI is InChI=1S/C25H27N7O4S/c1-32(12-13-37(34,35)36)25-29-11-9-21(31-25)17-3-5-18(6-4-17)24(33)28-10-8-16-2-7-22-19(14-16)20(15-30-22)23(26)27/h2-7,9,11,14-15,30H,8,10,12-13H2,1H3,(H3,26,27)(H,28,33)(H,34,35,36). The minimum Gasteiger partial charge on any atom is -0.384 e. The van der Waals surface area contributed by atoms with Gasteiger partial charge in [0.05, 0.1) is 11.4 Å². The second-order valence-corrected chi connectivity index (χ2v) is 10.1. The van der Waals surface area contributed by atoms with Gasteiger partial charge in [0.15, 0.2) is 0 Å². The van der Waals surface area contributed by atoms with Crippen molar-refractivity contribution in [1.82, 2.24) is 20.3 Å². The number of fused-ring (bicyclic) bond motifs is 1. The smallest absolute Gasteiger partial charge is 0.266 e. The highest BCUT2D eigenvalue weighted by atomic mass is 32.2. The van der Waals surface area contributed by atoms with E-state index in [1.54, 1.807) is 49.8 Å². The van der Waals surface area contributed by atoms with E-state index in [1.165, 1.54) is 4.90 Å². The van der Waals surface area contributed by atoms with Gasteiger partial charge in [-0.3, -0.25) is 14.8 Å². The first-order valence-electron chi connectivity index (χ1n) is 11.4. The lowest BCUT2D eigenvalue weighted by Crippen LogP contribution is -2.26. The van der Waals surface area contributed by atoms with Gasteiger partial charge in [-0.25, -0.2) is 9.97 Å². The number of nitrogens with one attached hydrogen (secondary N) is 3. The van der Waals surface area contributed by atoms with Crippen LogP contribution in [0.15, 0.2) is 60.9 Å². The quantitative estimate of drug-likeness (QED) is 0.120. The second kappa shape index (κ2) is 10.8. The molecule has 0 atom stereocenters. The summed E-state index contributed by atoms with van der Waals surface area (Å²) in [6.07, 6.45) is 3.90. The summed E-state index contributed by atoms with van der Waals surface area (Å²) in [7, 11) is -2.45. The van der Waals surface area contributed by atoms with Crippen LogP contribution in [0.3, 0.4) is 0 Å². The highest BCUT2D eigenvalue weighted by molar-refractivity contribution is 7.85. The van der Waals surface area contributed by atoms with E-state index in [1.807, 2.05) is 18.2 Å². The number of nitrogens with two attached hydrogens (primary N) is 1. The molecule has 0 fully saturated rings. The lowest BCUT2D eigenvalue weighted by molar-refractivity contribution is 0.0954. The van der Waals surface area contributed by atoms with Crippen LogP contribution in [0.2, 0.25) is 0 Å². The van der Waals surface area contributed by atoms with E-state index in [0.717, 1.165) is 22.0 Å². The number of carbonyl (C=O) groups is 1. The molecule has 4 aromatic rings.